The molecule has 1 aliphatic rings. The lowest BCUT2D eigenvalue weighted by atomic mass is 9.72. The summed E-state index contributed by atoms with van der Waals surface area (Å²) in [4.78, 5) is 25.3. The number of amidine groups is 1. The van der Waals surface area contributed by atoms with Gasteiger partial charge in [0.1, 0.15) is 23.6 Å². The van der Waals surface area contributed by atoms with E-state index in [4.69, 9.17) is 9.47 Å². The summed E-state index contributed by atoms with van der Waals surface area (Å²) >= 11 is 0. The van der Waals surface area contributed by atoms with E-state index < -0.39 is 22.9 Å². The van der Waals surface area contributed by atoms with Crippen LogP contribution in [-0.4, -0.2) is 41.2 Å². The Morgan fingerprint density at radius 3 is 2.55 bits per heavy atom. The summed E-state index contributed by atoms with van der Waals surface area (Å²) in [5.74, 6) is 0.158. The third-order valence-corrected chi connectivity index (χ3v) is 7.06. The number of urea groups is 1. The highest BCUT2D eigenvalue weighted by Crippen LogP contribution is 2.41. The largest absolute Gasteiger partial charge is 0.496 e. The van der Waals surface area contributed by atoms with Crippen LogP contribution in [0, 0.1) is 11.2 Å². The van der Waals surface area contributed by atoms with Gasteiger partial charge in [0, 0.05) is 5.41 Å². The van der Waals surface area contributed by atoms with Gasteiger partial charge in [0.05, 0.1) is 30.2 Å². The third-order valence-electron chi connectivity index (χ3n) is 7.06. The molecule has 0 spiro atoms. The van der Waals surface area contributed by atoms with Crippen molar-refractivity contribution in [3.8, 4) is 17.4 Å². The minimum atomic E-state index is -1.48. The second-order valence-electron chi connectivity index (χ2n) is 9.98. The zero-order chi connectivity index (χ0) is 27.7. The smallest absolute Gasteiger partial charge is 0.324 e. The molecule has 0 radical (unpaired) electrons. The van der Waals surface area contributed by atoms with Crippen LogP contribution in [0.3, 0.4) is 0 Å². The molecule has 2 N–H and O–H groups in total. The van der Waals surface area contributed by atoms with Crippen LogP contribution in [0.25, 0.3) is 10.9 Å². The van der Waals surface area contributed by atoms with Gasteiger partial charge in [0.15, 0.2) is 11.6 Å². The molecule has 2 aromatic carbocycles. The predicted octanol–water partition coefficient (Wildman–Crippen LogP) is 6.37. The number of amides is 2. The summed E-state index contributed by atoms with van der Waals surface area (Å²) in [6.07, 6.45) is 3.74. The first kappa shape index (κ1) is 27.0. The van der Waals surface area contributed by atoms with E-state index in [-0.39, 0.29) is 29.7 Å². The minimum Gasteiger partial charge on any atom is -0.496 e. The molecule has 0 aliphatic carbocycles. The number of nitrogens with one attached hydrogen (secondary N) is 2. The maximum atomic E-state index is 15.3. The van der Waals surface area contributed by atoms with Crippen molar-refractivity contribution in [1.82, 2.24) is 15.3 Å². The Balaban J connectivity index is 1.51. The van der Waals surface area contributed by atoms with Gasteiger partial charge in [0.2, 0.25) is 5.88 Å². The standard InChI is InChI=1S/C28H31F2N5O3/c1-7-16-11-20-18(13-22(16)37-6)25(33-15-32-20)38-21-10-8-9-19(24(21)29)34-26(36)35-23-12-17(14-31-23)27(2,3)28(4,5)30/h8-13,15H,7,14H2,1-6H3,(H2,31,34,35,36). The van der Waals surface area contributed by atoms with Crippen molar-refractivity contribution in [3.63, 3.8) is 0 Å². The van der Waals surface area contributed by atoms with Gasteiger partial charge in [0.25, 0.3) is 0 Å². The van der Waals surface area contributed by atoms with Crippen molar-refractivity contribution >= 4 is 28.5 Å². The first-order chi connectivity index (χ1) is 17.9. The van der Waals surface area contributed by atoms with Crippen LogP contribution >= 0.6 is 0 Å². The Hall–Kier alpha value is -4.08. The van der Waals surface area contributed by atoms with Crippen LogP contribution < -0.4 is 20.1 Å². The Morgan fingerprint density at radius 1 is 1.11 bits per heavy atom. The summed E-state index contributed by atoms with van der Waals surface area (Å²) in [7, 11) is 1.57. The second kappa shape index (κ2) is 10.4. The zero-order valence-electron chi connectivity index (χ0n) is 22.3. The van der Waals surface area contributed by atoms with Crippen molar-refractivity contribution in [3.05, 3.63) is 59.7 Å². The van der Waals surface area contributed by atoms with Gasteiger partial charge in [-0.25, -0.2) is 23.5 Å². The number of anilines is 1. The number of alkyl halides is 1. The number of benzene rings is 2. The Morgan fingerprint density at radius 2 is 1.87 bits per heavy atom. The molecule has 1 aliphatic heterocycles. The van der Waals surface area contributed by atoms with Gasteiger partial charge in [-0.15, -0.1) is 0 Å². The lowest BCUT2D eigenvalue weighted by molar-refractivity contribution is 0.0819. The van der Waals surface area contributed by atoms with E-state index in [2.05, 4.69) is 25.6 Å². The minimum absolute atomic E-state index is 0.0998. The summed E-state index contributed by atoms with van der Waals surface area (Å²) in [5.41, 5.74) is -0.00118. The van der Waals surface area contributed by atoms with Crippen molar-refractivity contribution in [2.75, 3.05) is 19.0 Å². The molecule has 2 heterocycles. The fourth-order valence-electron chi connectivity index (χ4n) is 3.97. The first-order valence-electron chi connectivity index (χ1n) is 12.2. The Bertz CT molecular complexity index is 1440. The molecule has 0 bridgehead atoms. The number of hydrogen-bond acceptors (Lipinski definition) is 6. The van der Waals surface area contributed by atoms with Gasteiger partial charge in [-0.1, -0.05) is 26.8 Å². The summed E-state index contributed by atoms with van der Waals surface area (Å²) < 4.78 is 41.2. The molecular formula is C28H31F2N5O3. The Kier molecular flexibility index (Phi) is 7.35. The number of aromatic nitrogens is 2. The first-order valence-corrected chi connectivity index (χ1v) is 12.2. The van der Waals surface area contributed by atoms with Crippen molar-refractivity contribution in [2.24, 2.45) is 10.4 Å². The third kappa shape index (κ3) is 5.29. The van der Waals surface area contributed by atoms with Crippen LogP contribution in [0.5, 0.6) is 17.4 Å². The number of methoxy groups -OCH3 is 1. The summed E-state index contributed by atoms with van der Waals surface area (Å²) in [5, 5.41) is 5.61. The molecule has 38 heavy (non-hydrogen) atoms. The van der Waals surface area contributed by atoms with Crippen LogP contribution in [0.4, 0.5) is 19.3 Å². The van der Waals surface area contributed by atoms with Crippen LogP contribution in [0.2, 0.25) is 0 Å². The van der Waals surface area contributed by atoms with Crippen LogP contribution in [0.1, 0.15) is 40.2 Å². The number of halogens is 2. The van der Waals surface area contributed by atoms with Gasteiger partial charge in [-0.3, -0.25) is 10.3 Å². The van der Waals surface area contributed by atoms with E-state index in [1.807, 2.05) is 13.0 Å². The molecule has 0 saturated heterocycles. The molecule has 0 saturated carbocycles. The van der Waals surface area contributed by atoms with E-state index in [0.717, 1.165) is 17.6 Å². The molecule has 4 rings (SSSR count). The van der Waals surface area contributed by atoms with E-state index in [1.54, 1.807) is 39.2 Å². The number of rotatable bonds is 7. The van der Waals surface area contributed by atoms with Crippen LogP contribution in [-0.2, 0) is 6.42 Å². The number of nitrogens with zero attached hydrogens (tertiary/aromatic N) is 3. The highest BCUT2D eigenvalue weighted by molar-refractivity contribution is 6.09. The quantitative estimate of drug-likeness (QED) is 0.375. The number of aryl methyl sites for hydroxylation is 1. The molecule has 200 valence electrons. The normalized spacial score (nSPS) is 13.7. The number of aliphatic imine (C=N–C) groups is 1. The molecule has 0 fully saturated rings. The lowest BCUT2D eigenvalue weighted by Gasteiger charge is -2.36. The predicted molar refractivity (Wildman–Crippen MR) is 143 cm³/mol. The number of carbonyl (C=O) groups is 1. The van der Waals surface area contributed by atoms with Gasteiger partial charge in [-0.05, 0) is 61.7 Å². The molecule has 10 heteroatoms. The Labute approximate surface area is 220 Å². The zero-order valence-corrected chi connectivity index (χ0v) is 22.3. The average molecular weight is 524 g/mol. The van der Waals surface area contributed by atoms with Crippen molar-refractivity contribution < 1.29 is 23.0 Å². The maximum Gasteiger partial charge on any atom is 0.324 e. The van der Waals surface area contributed by atoms with E-state index >= 15 is 4.39 Å². The molecule has 8 nitrogen and oxygen atoms in total. The number of ether oxygens (including phenoxy) is 2. The number of fused-ring (bicyclic) bond motifs is 1. The average Bonchev–Trinajstić information content (AvgIpc) is 3.34. The lowest BCUT2D eigenvalue weighted by Crippen LogP contribution is -2.37. The topological polar surface area (TPSA) is 97.7 Å². The summed E-state index contributed by atoms with van der Waals surface area (Å²) in [6, 6.07) is 7.32. The molecule has 1 aromatic heterocycles. The van der Waals surface area contributed by atoms with E-state index in [0.29, 0.717) is 16.7 Å². The second-order valence-corrected chi connectivity index (χ2v) is 9.98. The number of hydrogen-bond donors (Lipinski definition) is 2. The fourth-order valence-corrected chi connectivity index (χ4v) is 3.97. The highest BCUT2D eigenvalue weighted by atomic mass is 19.1. The van der Waals surface area contributed by atoms with Crippen molar-refractivity contribution in [2.45, 2.75) is 46.7 Å². The highest BCUT2D eigenvalue weighted by Gasteiger charge is 2.41. The fraction of sp³-hybridized carbons (Fsp3) is 0.357. The van der Waals surface area contributed by atoms with E-state index in [1.165, 1.54) is 32.3 Å². The molecular weight excluding hydrogens is 492 g/mol. The van der Waals surface area contributed by atoms with Gasteiger partial charge < -0.3 is 14.8 Å². The van der Waals surface area contributed by atoms with Gasteiger partial charge >= 0.3 is 6.03 Å². The number of carbonyl (C=O) groups excluding carboxylic acids is 1. The molecule has 0 unspecified atom stereocenters. The molecule has 2 amide bonds. The monoisotopic (exact) mass is 523 g/mol. The molecule has 0 atom stereocenters. The van der Waals surface area contributed by atoms with E-state index in [9.17, 15) is 9.18 Å². The SMILES string of the molecule is CCc1cc2ncnc(Oc3cccc(NC(=O)NC4=NCC(C(C)(C)C(C)(C)F)=C4)c3F)c2cc1OC. The molecule has 3 aromatic rings. The van der Waals surface area contributed by atoms with Crippen LogP contribution in [0.15, 0.2) is 53.3 Å². The van der Waals surface area contributed by atoms with Gasteiger partial charge in [-0.2, -0.15) is 0 Å². The summed E-state index contributed by atoms with van der Waals surface area (Å²) in [6.45, 7) is 8.87. The van der Waals surface area contributed by atoms with Crippen molar-refractivity contribution in [1.29, 1.82) is 0 Å². The maximum absolute atomic E-state index is 15.3.